The van der Waals surface area contributed by atoms with Crippen molar-refractivity contribution >= 4 is 5.91 Å². The largest absolute Gasteiger partial charge is 0.377 e. The fraction of sp³-hybridized carbons (Fsp3) is 0.857. The van der Waals surface area contributed by atoms with Gasteiger partial charge in [0, 0.05) is 13.0 Å². The van der Waals surface area contributed by atoms with Crippen molar-refractivity contribution in [2.45, 2.75) is 33.0 Å². The second-order valence-corrected chi connectivity index (χ2v) is 2.83. The van der Waals surface area contributed by atoms with E-state index in [1.807, 2.05) is 13.8 Å². The number of amides is 1. The van der Waals surface area contributed by atoms with Crippen molar-refractivity contribution < 1.29 is 9.90 Å². The van der Waals surface area contributed by atoms with Gasteiger partial charge in [0.25, 0.3) is 0 Å². The summed E-state index contributed by atoms with van der Waals surface area (Å²) >= 11 is 0. The molecule has 3 N–H and O–H groups in total. The number of rotatable bonds is 3. The minimum Gasteiger partial charge on any atom is -0.377 e. The van der Waals surface area contributed by atoms with E-state index < -0.39 is 6.23 Å². The van der Waals surface area contributed by atoms with Gasteiger partial charge < -0.3 is 15.7 Å². The fourth-order valence-electron chi connectivity index (χ4n) is 0.905. The smallest absolute Gasteiger partial charge is 0.219 e. The molecule has 0 aromatic rings. The van der Waals surface area contributed by atoms with Crippen molar-refractivity contribution in [1.29, 1.82) is 0 Å². The number of aliphatic hydroxyl groups is 1. The van der Waals surface area contributed by atoms with Gasteiger partial charge in [-0.3, -0.25) is 4.79 Å². The summed E-state index contributed by atoms with van der Waals surface area (Å²) in [4.78, 5) is 12.4. The number of aliphatic hydroxyl groups excluding tert-OH is 1. The first-order valence-corrected chi connectivity index (χ1v) is 3.66. The van der Waals surface area contributed by atoms with Gasteiger partial charge >= 0.3 is 0 Å². The van der Waals surface area contributed by atoms with Crippen LogP contribution in [0.4, 0.5) is 0 Å². The average molecular weight is 160 g/mol. The van der Waals surface area contributed by atoms with Gasteiger partial charge in [-0.2, -0.15) is 0 Å². The minimum absolute atomic E-state index is 0.0653. The second kappa shape index (κ2) is 4.31. The van der Waals surface area contributed by atoms with Gasteiger partial charge in [-0.1, -0.05) is 0 Å². The molecule has 4 nitrogen and oxygen atoms in total. The second-order valence-electron chi connectivity index (χ2n) is 2.83. The number of nitrogens with two attached hydrogens (primary N) is 1. The van der Waals surface area contributed by atoms with Crippen molar-refractivity contribution in [3.63, 3.8) is 0 Å². The minimum atomic E-state index is -0.943. The number of nitrogens with zero attached hydrogens (tertiary/aromatic N) is 1. The van der Waals surface area contributed by atoms with E-state index in [2.05, 4.69) is 0 Å². The van der Waals surface area contributed by atoms with Crippen LogP contribution in [0.1, 0.15) is 20.8 Å². The monoisotopic (exact) mass is 160 g/mol. The van der Waals surface area contributed by atoms with Gasteiger partial charge in [0.2, 0.25) is 5.91 Å². The summed E-state index contributed by atoms with van der Waals surface area (Å²) in [5.41, 5.74) is 5.13. The SMILES string of the molecule is CC(=O)N(CC(N)O)C(C)C. The van der Waals surface area contributed by atoms with Gasteiger partial charge in [0.05, 0.1) is 6.54 Å². The molecule has 1 atom stereocenters. The predicted octanol–water partition coefficient (Wildman–Crippen LogP) is -0.480. The highest BCUT2D eigenvalue weighted by Crippen LogP contribution is 1.98. The van der Waals surface area contributed by atoms with Crippen molar-refractivity contribution in [2.75, 3.05) is 6.54 Å². The molecule has 0 saturated heterocycles. The Morgan fingerprint density at radius 3 is 2.18 bits per heavy atom. The molecular weight excluding hydrogens is 144 g/mol. The summed E-state index contributed by atoms with van der Waals surface area (Å²) in [6.07, 6.45) is -0.943. The van der Waals surface area contributed by atoms with Crippen LogP contribution in [0, 0.1) is 0 Å². The Bertz CT molecular complexity index is 134. The third-order valence-electron chi connectivity index (χ3n) is 1.41. The molecule has 0 aliphatic carbocycles. The standard InChI is InChI=1S/C7H16N2O2/c1-5(2)9(6(3)10)4-7(8)11/h5,7,11H,4,8H2,1-3H3. The van der Waals surface area contributed by atoms with Crippen LogP contribution < -0.4 is 5.73 Å². The topological polar surface area (TPSA) is 66.6 Å². The molecule has 0 rings (SSSR count). The van der Waals surface area contributed by atoms with Crippen LogP contribution in [0.15, 0.2) is 0 Å². The first-order chi connectivity index (χ1) is 4.95. The van der Waals surface area contributed by atoms with Crippen LogP contribution in [-0.2, 0) is 4.79 Å². The lowest BCUT2D eigenvalue weighted by Crippen LogP contribution is -2.43. The first-order valence-electron chi connectivity index (χ1n) is 3.66. The van der Waals surface area contributed by atoms with E-state index in [0.29, 0.717) is 0 Å². The normalized spacial score (nSPS) is 13.3. The Labute approximate surface area is 67.0 Å². The molecule has 66 valence electrons. The van der Waals surface area contributed by atoms with Crippen molar-refractivity contribution in [2.24, 2.45) is 5.73 Å². The maximum Gasteiger partial charge on any atom is 0.219 e. The van der Waals surface area contributed by atoms with Crippen LogP contribution in [0.3, 0.4) is 0 Å². The maximum absolute atomic E-state index is 10.9. The van der Waals surface area contributed by atoms with Crippen LogP contribution in [0.2, 0.25) is 0 Å². The van der Waals surface area contributed by atoms with Crippen LogP contribution in [0.25, 0.3) is 0 Å². The Hall–Kier alpha value is -0.610. The van der Waals surface area contributed by atoms with E-state index in [1.54, 1.807) is 0 Å². The molecule has 0 aliphatic rings. The summed E-state index contributed by atoms with van der Waals surface area (Å²) in [6.45, 7) is 5.42. The molecule has 0 fully saturated rings. The molecule has 0 aromatic heterocycles. The zero-order valence-corrected chi connectivity index (χ0v) is 7.24. The Morgan fingerprint density at radius 2 is 2.09 bits per heavy atom. The van der Waals surface area contributed by atoms with Crippen molar-refractivity contribution in [3.05, 3.63) is 0 Å². The molecule has 0 spiro atoms. The molecular formula is C7H16N2O2. The van der Waals surface area contributed by atoms with E-state index in [-0.39, 0.29) is 18.5 Å². The molecule has 1 unspecified atom stereocenters. The van der Waals surface area contributed by atoms with Crippen LogP contribution in [0.5, 0.6) is 0 Å². The lowest BCUT2D eigenvalue weighted by molar-refractivity contribution is -0.132. The lowest BCUT2D eigenvalue weighted by Gasteiger charge is -2.26. The highest BCUT2D eigenvalue weighted by molar-refractivity contribution is 5.73. The van der Waals surface area contributed by atoms with E-state index in [1.165, 1.54) is 11.8 Å². The number of hydrogen-bond acceptors (Lipinski definition) is 3. The van der Waals surface area contributed by atoms with E-state index >= 15 is 0 Å². The highest BCUT2D eigenvalue weighted by atomic mass is 16.3. The van der Waals surface area contributed by atoms with Gasteiger partial charge in [0.15, 0.2) is 0 Å². The van der Waals surface area contributed by atoms with Crippen molar-refractivity contribution in [3.8, 4) is 0 Å². The molecule has 0 saturated carbocycles. The Kier molecular flexibility index (Phi) is 4.07. The molecule has 11 heavy (non-hydrogen) atoms. The Morgan fingerprint density at radius 1 is 1.64 bits per heavy atom. The first kappa shape index (κ1) is 10.4. The molecule has 0 radical (unpaired) electrons. The molecule has 4 heteroatoms. The fourth-order valence-corrected chi connectivity index (χ4v) is 0.905. The number of carbonyl (C=O) groups is 1. The third kappa shape index (κ3) is 3.95. The molecule has 0 aromatic carbocycles. The Balaban J connectivity index is 4.01. The lowest BCUT2D eigenvalue weighted by atomic mass is 10.3. The average Bonchev–Trinajstić information content (AvgIpc) is 1.81. The van der Waals surface area contributed by atoms with E-state index in [9.17, 15) is 4.79 Å². The van der Waals surface area contributed by atoms with Crippen LogP contribution >= 0.6 is 0 Å². The summed E-state index contributed by atoms with van der Waals surface area (Å²) < 4.78 is 0. The molecule has 0 aliphatic heterocycles. The zero-order valence-electron chi connectivity index (χ0n) is 7.24. The highest BCUT2D eigenvalue weighted by Gasteiger charge is 2.14. The molecule has 1 amide bonds. The number of hydrogen-bond donors (Lipinski definition) is 2. The maximum atomic E-state index is 10.9. The summed E-state index contributed by atoms with van der Waals surface area (Å²) in [6, 6.07) is 0.0886. The summed E-state index contributed by atoms with van der Waals surface area (Å²) in [7, 11) is 0. The van der Waals surface area contributed by atoms with Crippen LogP contribution in [-0.4, -0.2) is 34.7 Å². The van der Waals surface area contributed by atoms with Gasteiger partial charge in [-0.15, -0.1) is 0 Å². The molecule has 0 bridgehead atoms. The van der Waals surface area contributed by atoms with Gasteiger partial charge in [-0.25, -0.2) is 0 Å². The quantitative estimate of drug-likeness (QED) is 0.548. The van der Waals surface area contributed by atoms with E-state index in [0.717, 1.165) is 0 Å². The number of carbonyl (C=O) groups excluding carboxylic acids is 1. The predicted molar refractivity (Wildman–Crippen MR) is 42.7 cm³/mol. The zero-order chi connectivity index (χ0) is 9.02. The van der Waals surface area contributed by atoms with Gasteiger partial charge in [-0.05, 0) is 13.8 Å². The molecule has 0 heterocycles. The summed E-state index contributed by atoms with van der Waals surface area (Å²) in [5.74, 6) is -0.0653. The van der Waals surface area contributed by atoms with Crippen molar-refractivity contribution in [1.82, 2.24) is 4.90 Å². The summed E-state index contributed by atoms with van der Waals surface area (Å²) in [5, 5.41) is 8.80. The van der Waals surface area contributed by atoms with E-state index in [4.69, 9.17) is 10.8 Å². The van der Waals surface area contributed by atoms with Gasteiger partial charge in [0.1, 0.15) is 6.23 Å². The third-order valence-corrected chi connectivity index (χ3v) is 1.41.